The molecule has 4 rings (SSSR count). The molecular formula is C24H23IN4O5S. The van der Waals surface area contributed by atoms with E-state index in [-0.39, 0.29) is 18.0 Å². The van der Waals surface area contributed by atoms with Crippen molar-refractivity contribution < 1.29 is 23.7 Å². The predicted molar refractivity (Wildman–Crippen MR) is 145 cm³/mol. The first-order valence-corrected chi connectivity index (χ1v) is 12.6. The van der Waals surface area contributed by atoms with Crippen LogP contribution in [0.1, 0.15) is 18.9 Å². The van der Waals surface area contributed by atoms with Crippen LogP contribution in [0.25, 0.3) is 6.08 Å². The van der Waals surface area contributed by atoms with Gasteiger partial charge in [-0.2, -0.15) is 15.1 Å². The molecule has 2 heterocycles. The van der Waals surface area contributed by atoms with E-state index < -0.39 is 5.91 Å². The van der Waals surface area contributed by atoms with Crippen LogP contribution < -0.4 is 18.9 Å². The second-order valence-electron chi connectivity index (χ2n) is 7.25. The Labute approximate surface area is 220 Å². The SMILES string of the molecule is CCC1=NN2C(=N)/C(=C\c3cc(I)c(OCCOc4ccccc4OC)c(OC)c3)C(=O)N=C2S1. The highest BCUT2D eigenvalue weighted by molar-refractivity contribution is 14.1. The first-order chi connectivity index (χ1) is 16.9. The molecule has 2 aromatic carbocycles. The Morgan fingerprint density at radius 1 is 1.09 bits per heavy atom. The van der Waals surface area contributed by atoms with Gasteiger partial charge in [-0.05, 0) is 76.7 Å². The molecule has 35 heavy (non-hydrogen) atoms. The van der Waals surface area contributed by atoms with Crippen LogP contribution >= 0.6 is 34.4 Å². The zero-order valence-corrected chi connectivity index (χ0v) is 22.3. The van der Waals surface area contributed by atoms with Crippen molar-refractivity contribution in [2.75, 3.05) is 27.4 Å². The third-order valence-corrected chi connectivity index (χ3v) is 6.87. The Bertz CT molecular complexity index is 1260. The van der Waals surface area contributed by atoms with E-state index in [9.17, 15) is 4.79 Å². The zero-order chi connectivity index (χ0) is 24.9. The average Bonchev–Trinajstić information content (AvgIpc) is 3.28. The van der Waals surface area contributed by atoms with Crippen molar-refractivity contribution >= 4 is 62.4 Å². The van der Waals surface area contributed by atoms with E-state index in [2.05, 4.69) is 32.7 Å². The maximum atomic E-state index is 12.6. The van der Waals surface area contributed by atoms with Gasteiger partial charge < -0.3 is 18.9 Å². The van der Waals surface area contributed by atoms with E-state index in [1.165, 1.54) is 16.8 Å². The lowest BCUT2D eigenvalue weighted by Gasteiger charge is -2.20. The molecule has 2 aliphatic rings. The number of halogens is 1. The molecule has 0 bridgehead atoms. The number of rotatable bonds is 9. The molecule has 0 saturated carbocycles. The Morgan fingerprint density at radius 2 is 1.80 bits per heavy atom. The number of hydrogen-bond donors (Lipinski definition) is 1. The number of ether oxygens (including phenoxy) is 4. The number of carbonyl (C=O) groups excluding carboxylic acids is 1. The number of benzene rings is 2. The van der Waals surface area contributed by atoms with E-state index in [4.69, 9.17) is 24.4 Å². The number of methoxy groups -OCH3 is 2. The van der Waals surface area contributed by atoms with Crippen molar-refractivity contribution in [1.82, 2.24) is 5.01 Å². The Kier molecular flexibility index (Phi) is 7.96. The topological polar surface area (TPSA) is 106 Å². The minimum Gasteiger partial charge on any atom is -0.493 e. The van der Waals surface area contributed by atoms with E-state index in [1.54, 1.807) is 26.4 Å². The van der Waals surface area contributed by atoms with Crippen molar-refractivity contribution in [2.45, 2.75) is 13.3 Å². The summed E-state index contributed by atoms with van der Waals surface area (Å²) in [6, 6.07) is 11.0. The number of carbonyl (C=O) groups is 1. The monoisotopic (exact) mass is 606 g/mol. The lowest BCUT2D eigenvalue weighted by Crippen LogP contribution is -2.35. The largest absolute Gasteiger partial charge is 0.493 e. The van der Waals surface area contributed by atoms with Gasteiger partial charge in [-0.1, -0.05) is 19.1 Å². The first-order valence-electron chi connectivity index (χ1n) is 10.7. The highest BCUT2D eigenvalue weighted by Crippen LogP contribution is 2.36. The zero-order valence-electron chi connectivity index (χ0n) is 19.3. The number of nitrogens with zero attached hydrogens (tertiary/aromatic N) is 3. The third kappa shape index (κ3) is 5.45. The van der Waals surface area contributed by atoms with Gasteiger partial charge in [-0.3, -0.25) is 10.2 Å². The van der Waals surface area contributed by atoms with Crippen LogP contribution in [0.5, 0.6) is 23.0 Å². The maximum absolute atomic E-state index is 12.6. The molecule has 9 nitrogen and oxygen atoms in total. The molecule has 1 N–H and O–H groups in total. The highest BCUT2D eigenvalue weighted by atomic mass is 127. The third-order valence-electron chi connectivity index (χ3n) is 5.02. The van der Waals surface area contributed by atoms with Gasteiger partial charge in [0.2, 0.25) is 5.17 Å². The van der Waals surface area contributed by atoms with E-state index >= 15 is 0 Å². The van der Waals surface area contributed by atoms with Gasteiger partial charge in [-0.25, -0.2) is 0 Å². The molecule has 2 aliphatic heterocycles. The fourth-order valence-electron chi connectivity index (χ4n) is 3.34. The summed E-state index contributed by atoms with van der Waals surface area (Å²) in [7, 11) is 3.14. The van der Waals surface area contributed by atoms with Crippen molar-refractivity contribution in [3.8, 4) is 23.0 Å². The highest BCUT2D eigenvalue weighted by Gasteiger charge is 2.35. The molecule has 0 saturated heterocycles. The number of hydrazone groups is 1. The van der Waals surface area contributed by atoms with Gasteiger partial charge in [0, 0.05) is 0 Å². The molecule has 0 spiro atoms. The number of nitrogens with one attached hydrogen (secondary N) is 1. The predicted octanol–water partition coefficient (Wildman–Crippen LogP) is 4.80. The molecule has 2 aromatic rings. The van der Waals surface area contributed by atoms with Crippen LogP contribution in [0.2, 0.25) is 0 Å². The fourth-order valence-corrected chi connectivity index (χ4v) is 4.94. The summed E-state index contributed by atoms with van der Waals surface area (Å²) >= 11 is 3.46. The Morgan fingerprint density at radius 3 is 2.51 bits per heavy atom. The molecule has 11 heteroatoms. The summed E-state index contributed by atoms with van der Waals surface area (Å²) in [5.74, 6) is 1.89. The minimum absolute atomic E-state index is 0.00117. The van der Waals surface area contributed by atoms with Crippen molar-refractivity contribution in [3.05, 3.63) is 51.1 Å². The molecule has 182 valence electrons. The normalized spacial score (nSPS) is 16.1. The van der Waals surface area contributed by atoms with Crippen molar-refractivity contribution in [3.63, 3.8) is 0 Å². The number of aliphatic imine (C=N–C) groups is 1. The van der Waals surface area contributed by atoms with Crippen LogP contribution in [0.4, 0.5) is 0 Å². The number of amidine groups is 2. The Hall–Kier alpha value is -3.06. The summed E-state index contributed by atoms with van der Waals surface area (Å²) in [4.78, 5) is 16.7. The summed E-state index contributed by atoms with van der Waals surface area (Å²) in [5, 5.41) is 15.5. The van der Waals surface area contributed by atoms with Crippen LogP contribution in [0.15, 0.2) is 52.1 Å². The molecule has 0 aliphatic carbocycles. The van der Waals surface area contributed by atoms with Gasteiger partial charge in [0.05, 0.1) is 23.4 Å². The summed E-state index contributed by atoms with van der Waals surface area (Å²) in [6.07, 6.45) is 2.33. The van der Waals surface area contributed by atoms with Gasteiger partial charge in [0.1, 0.15) is 18.3 Å². The molecule has 0 radical (unpaired) electrons. The van der Waals surface area contributed by atoms with E-state index in [1.807, 2.05) is 37.3 Å². The molecule has 0 fully saturated rings. The lowest BCUT2D eigenvalue weighted by molar-refractivity contribution is -0.114. The summed E-state index contributed by atoms with van der Waals surface area (Å²) in [6.45, 7) is 2.57. The van der Waals surface area contributed by atoms with E-state index in [0.29, 0.717) is 46.8 Å². The lowest BCUT2D eigenvalue weighted by atomic mass is 10.1. The van der Waals surface area contributed by atoms with Crippen LogP contribution in [0.3, 0.4) is 0 Å². The van der Waals surface area contributed by atoms with Gasteiger partial charge in [0.15, 0.2) is 28.8 Å². The average molecular weight is 606 g/mol. The van der Waals surface area contributed by atoms with Crippen molar-refractivity contribution in [2.24, 2.45) is 10.1 Å². The number of amides is 1. The summed E-state index contributed by atoms with van der Waals surface area (Å²) in [5.41, 5.74) is 0.842. The maximum Gasteiger partial charge on any atom is 0.283 e. The molecule has 0 aromatic heterocycles. The minimum atomic E-state index is -0.468. The number of thioether (sulfide) groups is 1. The second kappa shape index (κ2) is 11.1. The standard InChI is InChI=1S/C24H23IN4O5S/c1-4-20-28-29-22(26)15(23(30)27-24(29)35-20)11-14-12-16(25)21(19(13-14)32-3)34-10-9-33-18-8-6-5-7-17(18)31-2/h5-8,11-13,26H,4,9-10H2,1-3H3/b15-11+,26-22?. The molecule has 1 amide bonds. The van der Waals surface area contributed by atoms with E-state index in [0.717, 1.165) is 8.61 Å². The second-order valence-corrected chi connectivity index (χ2v) is 9.45. The Balaban J connectivity index is 1.49. The first kappa shape index (κ1) is 25.0. The summed E-state index contributed by atoms with van der Waals surface area (Å²) < 4.78 is 23.3. The quantitative estimate of drug-likeness (QED) is 0.249. The number of para-hydroxylation sites is 2. The molecule has 0 atom stereocenters. The fraction of sp³-hybridized carbons (Fsp3) is 0.250. The van der Waals surface area contributed by atoms with Gasteiger partial charge in [0.25, 0.3) is 5.91 Å². The molecular weight excluding hydrogens is 583 g/mol. The molecule has 0 unspecified atom stereocenters. The van der Waals surface area contributed by atoms with Crippen molar-refractivity contribution in [1.29, 1.82) is 5.41 Å². The van der Waals surface area contributed by atoms with Gasteiger partial charge in [-0.15, -0.1) is 0 Å². The van der Waals surface area contributed by atoms with Crippen LogP contribution in [0, 0.1) is 8.98 Å². The number of hydrogen-bond acceptors (Lipinski definition) is 8. The van der Waals surface area contributed by atoms with Crippen LogP contribution in [-0.2, 0) is 4.79 Å². The smallest absolute Gasteiger partial charge is 0.283 e. The number of fused-ring (bicyclic) bond motifs is 1. The van der Waals surface area contributed by atoms with Gasteiger partial charge >= 0.3 is 0 Å². The van der Waals surface area contributed by atoms with Crippen LogP contribution in [-0.4, -0.2) is 54.4 Å².